The Balaban J connectivity index is 1.75. The van der Waals surface area contributed by atoms with Crippen LogP contribution in [0.4, 0.5) is 0 Å². The highest BCUT2D eigenvalue weighted by atomic mass is 16.5. The van der Waals surface area contributed by atoms with E-state index in [-0.39, 0.29) is 28.7 Å². The first-order valence-electron chi connectivity index (χ1n) is 11.1. The normalized spacial score (nSPS) is 16.2. The Hall–Kier alpha value is -3.31. The van der Waals surface area contributed by atoms with Crippen LogP contribution in [0.25, 0.3) is 0 Å². The minimum atomic E-state index is -0.324. The summed E-state index contributed by atoms with van der Waals surface area (Å²) < 4.78 is 5.37. The van der Waals surface area contributed by atoms with Crippen molar-refractivity contribution in [1.29, 1.82) is 0 Å². The predicted octanol–water partition coefficient (Wildman–Crippen LogP) is 4.06. The molecular formula is C27H30N2O3. The van der Waals surface area contributed by atoms with E-state index in [1.807, 2.05) is 24.3 Å². The second-order valence-electron chi connectivity index (χ2n) is 8.34. The van der Waals surface area contributed by atoms with E-state index in [1.54, 1.807) is 12.1 Å². The van der Waals surface area contributed by atoms with Gasteiger partial charge in [0.2, 0.25) is 0 Å². The number of phenols is 1. The molecule has 0 radical (unpaired) electrons. The van der Waals surface area contributed by atoms with Crippen molar-refractivity contribution in [2.75, 3.05) is 20.2 Å². The monoisotopic (exact) mass is 430 g/mol. The maximum absolute atomic E-state index is 13.5. The van der Waals surface area contributed by atoms with Gasteiger partial charge in [-0.1, -0.05) is 66.7 Å². The minimum Gasteiger partial charge on any atom is -0.507 e. The predicted molar refractivity (Wildman–Crippen MR) is 126 cm³/mol. The fourth-order valence-corrected chi connectivity index (χ4v) is 4.86. The molecule has 0 aromatic heterocycles. The molecule has 1 saturated heterocycles. The van der Waals surface area contributed by atoms with E-state index in [1.165, 1.54) is 18.7 Å². The van der Waals surface area contributed by atoms with E-state index in [0.29, 0.717) is 12.2 Å². The fourth-order valence-electron chi connectivity index (χ4n) is 4.86. The van der Waals surface area contributed by atoms with Gasteiger partial charge in [-0.05, 0) is 55.6 Å². The number of benzene rings is 3. The summed E-state index contributed by atoms with van der Waals surface area (Å²) in [4.78, 5) is 13.5. The second kappa shape index (κ2) is 9.88. The molecule has 3 N–H and O–H groups in total. The number of aromatic hydroxyl groups is 1. The van der Waals surface area contributed by atoms with E-state index < -0.39 is 0 Å². The molecule has 1 atom stereocenters. The van der Waals surface area contributed by atoms with Crippen LogP contribution in [-0.4, -0.2) is 37.3 Å². The standard InChI is InChI=1S/C27H30N2O3/c1-32-23-14-8-13-22(30)25(23)26(31)29-24(19-20-9-4-2-5-10-20)27(15-17-28-18-16-27)21-11-6-3-7-12-21/h2-14,24,28,30H,15-19H2,1H3,(H,29,31). The number of piperidine rings is 1. The van der Waals surface area contributed by atoms with Crippen molar-refractivity contribution >= 4 is 5.91 Å². The number of ether oxygens (including phenoxy) is 1. The number of phenolic OH excluding ortho intramolecular Hbond substituents is 1. The number of hydrogen-bond acceptors (Lipinski definition) is 4. The molecule has 32 heavy (non-hydrogen) atoms. The molecular weight excluding hydrogens is 400 g/mol. The Morgan fingerprint density at radius 3 is 2.31 bits per heavy atom. The molecule has 4 rings (SSSR count). The number of carbonyl (C=O) groups excluding carboxylic acids is 1. The Morgan fingerprint density at radius 2 is 1.66 bits per heavy atom. The number of rotatable bonds is 7. The Kier molecular flexibility index (Phi) is 6.76. The van der Waals surface area contributed by atoms with Gasteiger partial charge in [-0.25, -0.2) is 0 Å². The van der Waals surface area contributed by atoms with Crippen LogP contribution in [-0.2, 0) is 11.8 Å². The number of carbonyl (C=O) groups is 1. The quantitative estimate of drug-likeness (QED) is 0.529. The van der Waals surface area contributed by atoms with Gasteiger partial charge < -0.3 is 20.5 Å². The summed E-state index contributed by atoms with van der Waals surface area (Å²) in [6.07, 6.45) is 2.51. The van der Waals surface area contributed by atoms with Gasteiger partial charge in [0.15, 0.2) is 0 Å². The van der Waals surface area contributed by atoms with Gasteiger partial charge in [0, 0.05) is 11.5 Å². The van der Waals surface area contributed by atoms with Crippen molar-refractivity contribution in [2.45, 2.75) is 30.7 Å². The zero-order valence-corrected chi connectivity index (χ0v) is 18.4. The van der Waals surface area contributed by atoms with Crippen molar-refractivity contribution in [2.24, 2.45) is 0 Å². The minimum absolute atomic E-state index is 0.0839. The van der Waals surface area contributed by atoms with Gasteiger partial charge in [0.05, 0.1) is 7.11 Å². The van der Waals surface area contributed by atoms with E-state index in [2.05, 4.69) is 47.0 Å². The molecule has 1 aliphatic rings. The SMILES string of the molecule is COc1cccc(O)c1C(=O)NC(Cc1ccccc1)C1(c2ccccc2)CCNCC1. The first kappa shape index (κ1) is 21.9. The Bertz CT molecular complexity index is 1030. The van der Waals surface area contributed by atoms with Crippen LogP contribution in [0, 0.1) is 0 Å². The largest absolute Gasteiger partial charge is 0.507 e. The van der Waals surface area contributed by atoms with Gasteiger partial charge >= 0.3 is 0 Å². The van der Waals surface area contributed by atoms with Crippen molar-refractivity contribution in [3.05, 3.63) is 95.6 Å². The lowest BCUT2D eigenvalue weighted by molar-refractivity contribution is 0.0892. The summed E-state index contributed by atoms with van der Waals surface area (Å²) in [7, 11) is 1.51. The van der Waals surface area contributed by atoms with E-state index in [9.17, 15) is 9.90 Å². The lowest BCUT2D eigenvalue weighted by Gasteiger charge is -2.45. The average Bonchev–Trinajstić information content (AvgIpc) is 2.85. The van der Waals surface area contributed by atoms with Gasteiger partial charge in [0.25, 0.3) is 5.91 Å². The van der Waals surface area contributed by atoms with Gasteiger partial charge in [-0.2, -0.15) is 0 Å². The van der Waals surface area contributed by atoms with Gasteiger partial charge in [0.1, 0.15) is 17.1 Å². The molecule has 0 bridgehead atoms. The molecule has 1 fully saturated rings. The van der Waals surface area contributed by atoms with Crippen LogP contribution in [0.15, 0.2) is 78.9 Å². The molecule has 3 aromatic rings. The van der Waals surface area contributed by atoms with Crippen LogP contribution in [0.1, 0.15) is 34.3 Å². The maximum Gasteiger partial charge on any atom is 0.259 e. The van der Waals surface area contributed by atoms with Crippen LogP contribution in [0.3, 0.4) is 0 Å². The van der Waals surface area contributed by atoms with E-state index in [4.69, 9.17) is 4.74 Å². The van der Waals surface area contributed by atoms with Crippen LogP contribution in [0.5, 0.6) is 11.5 Å². The van der Waals surface area contributed by atoms with Crippen LogP contribution >= 0.6 is 0 Å². The summed E-state index contributed by atoms with van der Waals surface area (Å²) in [5, 5.41) is 17.2. The van der Waals surface area contributed by atoms with Gasteiger partial charge in [-0.15, -0.1) is 0 Å². The Labute approximate surface area is 189 Å². The second-order valence-corrected chi connectivity index (χ2v) is 8.34. The van der Waals surface area contributed by atoms with Crippen LogP contribution in [0.2, 0.25) is 0 Å². The molecule has 0 aliphatic carbocycles. The third-order valence-electron chi connectivity index (χ3n) is 6.55. The molecule has 5 nitrogen and oxygen atoms in total. The fraction of sp³-hybridized carbons (Fsp3) is 0.296. The molecule has 1 heterocycles. The summed E-state index contributed by atoms with van der Waals surface area (Å²) in [6, 6.07) is 25.4. The lowest BCUT2D eigenvalue weighted by Crippen LogP contribution is -2.56. The molecule has 0 saturated carbocycles. The number of nitrogens with one attached hydrogen (secondary N) is 2. The van der Waals surface area contributed by atoms with Crippen LogP contribution < -0.4 is 15.4 Å². The number of amides is 1. The zero-order chi connectivity index (χ0) is 22.4. The molecule has 166 valence electrons. The third kappa shape index (κ3) is 4.48. The van der Waals surface area contributed by atoms with Gasteiger partial charge in [-0.3, -0.25) is 4.79 Å². The highest BCUT2D eigenvalue weighted by molar-refractivity contribution is 5.99. The summed E-state index contributed by atoms with van der Waals surface area (Å²) in [5.74, 6) is -0.0471. The molecule has 1 aliphatic heterocycles. The number of methoxy groups -OCH3 is 1. The Morgan fingerprint density at radius 1 is 1.00 bits per heavy atom. The molecule has 0 spiro atoms. The third-order valence-corrected chi connectivity index (χ3v) is 6.55. The topological polar surface area (TPSA) is 70.6 Å². The molecule has 1 amide bonds. The van der Waals surface area contributed by atoms with Crippen molar-refractivity contribution in [3.8, 4) is 11.5 Å². The highest BCUT2D eigenvalue weighted by Gasteiger charge is 2.42. The lowest BCUT2D eigenvalue weighted by atomic mass is 9.66. The van der Waals surface area contributed by atoms with E-state index >= 15 is 0 Å². The van der Waals surface area contributed by atoms with E-state index in [0.717, 1.165) is 31.5 Å². The summed E-state index contributed by atoms with van der Waals surface area (Å²) in [6.45, 7) is 1.77. The average molecular weight is 431 g/mol. The first-order chi connectivity index (χ1) is 15.6. The first-order valence-corrected chi connectivity index (χ1v) is 11.1. The summed E-state index contributed by atoms with van der Waals surface area (Å²) in [5.41, 5.74) is 2.34. The highest BCUT2D eigenvalue weighted by Crippen LogP contribution is 2.39. The zero-order valence-electron chi connectivity index (χ0n) is 18.4. The molecule has 5 heteroatoms. The summed E-state index contributed by atoms with van der Waals surface area (Å²) >= 11 is 0. The molecule has 3 aromatic carbocycles. The molecule has 1 unspecified atom stereocenters. The van der Waals surface area contributed by atoms with Crippen molar-refractivity contribution in [1.82, 2.24) is 10.6 Å². The van der Waals surface area contributed by atoms with Crippen molar-refractivity contribution < 1.29 is 14.6 Å². The van der Waals surface area contributed by atoms with Crippen molar-refractivity contribution in [3.63, 3.8) is 0 Å². The number of hydrogen-bond donors (Lipinski definition) is 3. The maximum atomic E-state index is 13.5. The smallest absolute Gasteiger partial charge is 0.259 e.